The third kappa shape index (κ3) is 2.56. The van der Waals surface area contributed by atoms with Gasteiger partial charge in [-0.15, -0.1) is 0 Å². The molecule has 1 aromatic heterocycles. The van der Waals surface area contributed by atoms with Gasteiger partial charge in [-0.3, -0.25) is 0 Å². The topological polar surface area (TPSA) is 50.9 Å². The predicted octanol–water partition coefficient (Wildman–Crippen LogP) is 1.17. The third-order valence-corrected chi connectivity index (χ3v) is 2.57. The van der Waals surface area contributed by atoms with Gasteiger partial charge in [-0.25, -0.2) is 9.67 Å². The molecule has 84 valence electrons. The highest BCUT2D eigenvalue weighted by molar-refractivity contribution is 4.99. The van der Waals surface area contributed by atoms with Crippen LogP contribution in [0.5, 0.6) is 0 Å². The maximum atomic E-state index is 9.52. The monoisotopic (exact) mass is 209 g/mol. The zero-order valence-electron chi connectivity index (χ0n) is 9.69. The lowest BCUT2D eigenvalue weighted by Gasteiger charge is -2.16. The second kappa shape index (κ2) is 3.59. The van der Waals surface area contributed by atoms with Crippen molar-refractivity contribution in [3.8, 4) is 0 Å². The number of hydrogen-bond acceptors (Lipinski definition) is 3. The highest BCUT2D eigenvalue weighted by Gasteiger charge is 2.22. The lowest BCUT2D eigenvalue weighted by molar-refractivity contribution is 0.138. The molecule has 0 saturated carbocycles. The molecule has 1 aromatic rings. The summed E-state index contributed by atoms with van der Waals surface area (Å²) in [5.41, 5.74) is 0.218. The number of aromatic nitrogens is 3. The summed E-state index contributed by atoms with van der Waals surface area (Å²) in [4.78, 5) is 4.48. The van der Waals surface area contributed by atoms with E-state index in [4.69, 9.17) is 0 Å². The van der Waals surface area contributed by atoms with E-state index in [1.807, 2.05) is 4.68 Å². The smallest absolute Gasteiger partial charge is 0.151 e. The number of aliphatic hydroxyl groups excluding tert-OH is 1. The van der Waals surface area contributed by atoms with Crippen molar-refractivity contribution in [2.75, 3.05) is 0 Å². The second-order valence-electron chi connectivity index (χ2n) is 5.55. The lowest BCUT2D eigenvalue weighted by Crippen LogP contribution is -2.23. The van der Waals surface area contributed by atoms with E-state index in [9.17, 15) is 5.11 Å². The lowest BCUT2D eigenvalue weighted by atomic mass is 9.92. The van der Waals surface area contributed by atoms with E-state index in [0.29, 0.717) is 6.42 Å². The Kier molecular flexibility index (Phi) is 2.54. The Morgan fingerprint density at radius 3 is 2.87 bits per heavy atom. The van der Waals surface area contributed by atoms with E-state index in [0.717, 1.165) is 31.0 Å². The molecule has 2 rings (SSSR count). The minimum absolute atomic E-state index is 0.218. The molecular weight excluding hydrogens is 190 g/mol. The molecule has 1 atom stereocenters. The summed E-state index contributed by atoms with van der Waals surface area (Å²) < 4.78 is 1.94. The van der Waals surface area contributed by atoms with Crippen LogP contribution in [0, 0.1) is 5.41 Å². The summed E-state index contributed by atoms with van der Waals surface area (Å²) in [6, 6.07) is 0. The number of rotatable bonds is 1. The summed E-state index contributed by atoms with van der Waals surface area (Å²) in [5, 5.41) is 14.0. The molecular formula is C11H19N3O. The Bertz CT molecular complexity index is 351. The number of aryl methyl sites for hydroxylation is 1. The van der Waals surface area contributed by atoms with Gasteiger partial charge in [-0.2, -0.15) is 5.10 Å². The zero-order chi connectivity index (χ0) is 11.1. The zero-order valence-corrected chi connectivity index (χ0v) is 9.69. The van der Waals surface area contributed by atoms with Crippen molar-refractivity contribution in [3.05, 3.63) is 11.6 Å². The molecule has 1 aliphatic heterocycles. The first-order chi connectivity index (χ1) is 6.94. The molecule has 0 amide bonds. The van der Waals surface area contributed by atoms with Crippen LogP contribution in [-0.2, 0) is 19.4 Å². The Hall–Kier alpha value is -0.900. The van der Waals surface area contributed by atoms with Gasteiger partial charge < -0.3 is 5.11 Å². The standard InChI is InChI=1S/C11H19N3O/c1-11(2,3)7-9-12-10-6-8(15)4-5-14(10)13-9/h8,15H,4-7H2,1-3H3. The molecule has 0 aliphatic carbocycles. The average Bonchev–Trinajstić information content (AvgIpc) is 2.42. The predicted molar refractivity (Wildman–Crippen MR) is 57.5 cm³/mol. The summed E-state index contributed by atoms with van der Waals surface area (Å²) in [6.07, 6.45) is 2.11. The van der Waals surface area contributed by atoms with Crippen LogP contribution in [0.15, 0.2) is 0 Å². The fourth-order valence-electron chi connectivity index (χ4n) is 1.89. The molecule has 0 aromatic carbocycles. The quantitative estimate of drug-likeness (QED) is 0.755. The van der Waals surface area contributed by atoms with Crippen molar-refractivity contribution < 1.29 is 5.11 Å². The molecule has 1 unspecified atom stereocenters. The highest BCUT2D eigenvalue weighted by Crippen LogP contribution is 2.20. The number of hydrogen-bond donors (Lipinski definition) is 1. The molecule has 2 heterocycles. The van der Waals surface area contributed by atoms with Crippen LogP contribution in [-0.4, -0.2) is 26.0 Å². The van der Waals surface area contributed by atoms with Gasteiger partial charge in [0.05, 0.1) is 6.10 Å². The van der Waals surface area contributed by atoms with Crippen molar-refractivity contribution in [2.45, 2.75) is 52.7 Å². The van der Waals surface area contributed by atoms with Crippen molar-refractivity contribution in [1.82, 2.24) is 14.8 Å². The molecule has 4 heteroatoms. The van der Waals surface area contributed by atoms with Crippen LogP contribution in [0.4, 0.5) is 0 Å². The molecule has 1 aliphatic rings. The maximum Gasteiger partial charge on any atom is 0.151 e. The Morgan fingerprint density at radius 2 is 2.20 bits per heavy atom. The average molecular weight is 209 g/mol. The van der Waals surface area contributed by atoms with Gasteiger partial charge in [-0.05, 0) is 11.8 Å². The molecule has 0 radical (unpaired) electrons. The first-order valence-electron chi connectivity index (χ1n) is 5.55. The second-order valence-corrected chi connectivity index (χ2v) is 5.55. The van der Waals surface area contributed by atoms with Crippen LogP contribution in [0.3, 0.4) is 0 Å². The van der Waals surface area contributed by atoms with Gasteiger partial charge in [0.2, 0.25) is 0 Å². The minimum atomic E-state index is -0.232. The highest BCUT2D eigenvalue weighted by atomic mass is 16.3. The van der Waals surface area contributed by atoms with E-state index >= 15 is 0 Å². The van der Waals surface area contributed by atoms with Crippen LogP contribution in [0.1, 0.15) is 38.8 Å². The van der Waals surface area contributed by atoms with Crippen LogP contribution < -0.4 is 0 Å². The first kappa shape index (κ1) is 10.6. The van der Waals surface area contributed by atoms with Gasteiger partial charge in [0.15, 0.2) is 5.82 Å². The van der Waals surface area contributed by atoms with Crippen molar-refractivity contribution >= 4 is 0 Å². The molecule has 0 saturated heterocycles. The van der Waals surface area contributed by atoms with Crippen molar-refractivity contribution in [2.24, 2.45) is 5.41 Å². The SMILES string of the molecule is CC(C)(C)Cc1nc2n(n1)CCC(O)C2. The summed E-state index contributed by atoms with van der Waals surface area (Å²) in [7, 11) is 0. The van der Waals surface area contributed by atoms with Crippen LogP contribution in [0.25, 0.3) is 0 Å². The fourth-order valence-corrected chi connectivity index (χ4v) is 1.89. The number of fused-ring (bicyclic) bond motifs is 1. The Balaban J connectivity index is 2.16. The fraction of sp³-hybridized carbons (Fsp3) is 0.818. The van der Waals surface area contributed by atoms with Gasteiger partial charge in [0, 0.05) is 19.4 Å². The van der Waals surface area contributed by atoms with E-state index in [-0.39, 0.29) is 11.5 Å². The van der Waals surface area contributed by atoms with Gasteiger partial charge in [0.25, 0.3) is 0 Å². The van der Waals surface area contributed by atoms with Crippen molar-refractivity contribution in [3.63, 3.8) is 0 Å². The van der Waals surface area contributed by atoms with E-state index in [1.165, 1.54) is 0 Å². The first-order valence-corrected chi connectivity index (χ1v) is 5.55. The number of aliphatic hydroxyl groups is 1. The maximum absolute atomic E-state index is 9.52. The summed E-state index contributed by atoms with van der Waals surface area (Å²) >= 11 is 0. The Morgan fingerprint density at radius 1 is 1.47 bits per heavy atom. The summed E-state index contributed by atoms with van der Waals surface area (Å²) in [6.45, 7) is 7.35. The molecule has 1 N–H and O–H groups in total. The third-order valence-electron chi connectivity index (χ3n) is 2.57. The summed E-state index contributed by atoms with van der Waals surface area (Å²) in [5.74, 6) is 1.85. The molecule has 0 spiro atoms. The van der Waals surface area contributed by atoms with Gasteiger partial charge in [-0.1, -0.05) is 20.8 Å². The van der Waals surface area contributed by atoms with Crippen molar-refractivity contribution in [1.29, 1.82) is 0 Å². The van der Waals surface area contributed by atoms with Crippen LogP contribution in [0.2, 0.25) is 0 Å². The minimum Gasteiger partial charge on any atom is -0.393 e. The largest absolute Gasteiger partial charge is 0.393 e. The molecule has 15 heavy (non-hydrogen) atoms. The molecule has 0 fully saturated rings. The van der Waals surface area contributed by atoms with Gasteiger partial charge in [0.1, 0.15) is 5.82 Å². The number of nitrogens with zero attached hydrogens (tertiary/aromatic N) is 3. The van der Waals surface area contributed by atoms with Crippen LogP contribution >= 0.6 is 0 Å². The van der Waals surface area contributed by atoms with E-state index in [2.05, 4.69) is 30.9 Å². The molecule has 0 bridgehead atoms. The Labute approximate surface area is 90.3 Å². The van der Waals surface area contributed by atoms with E-state index < -0.39 is 0 Å². The molecule has 4 nitrogen and oxygen atoms in total. The van der Waals surface area contributed by atoms with E-state index in [1.54, 1.807) is 0 Å². The van der Waals surface area contributed by atoms with Gasteiger partial charge >= 0.3 is 0 Å². The normalized spacial score (nSPS) is 21.5.